The third kappa shape index (κ3) is 3.15. The molecular formula is C12H10ClFN2O2S. The molecule has 0 bridgehead atoms. The van der Waals surface area contributed by atoms with Crippen LogP contribution in [0.1, 0.15) is 0 Å². The maximum atomic E-state index is 13.5. The Bertz CT molecular complexity index is 702. The number of anilines is 2. The smallest absolute Gasteiger partial charge is 0.261 e. The van der Waals surface area contributed by atoms with Crippen molar-refractivity contribution in [3.8, 4) is 0 Å². The van der Waals surface area contributed by atoms with Crippen molar-refractivity contribution in [2.24, 2.45) is 0 Å². The molecule has 2 rings (SSSR count). The fourth-order valence-corrected chi connectivity index (χ4v) is 2.66. The summed E-state index contributed by atoms with van der Waals surface area (Å²) < 4.78 is 39.6. The molecule has 0 fully saturated rings. The summed E-state index contributed by atoms with van der Waals surface area (Å²) in [5, 5.41) is 0.233. The van der Waals surface area contributed by atoms with Crippen LogP contribution in [0.4, 0.5) is 15.8 Å². The summed E-state index contributed by atoms with van der Waals surface area (Å²) in [4.78, 5) is -0.0129. The zero-order chi connectivity index (χ0) is 14.0. The molecule has 0 saturated carbocycles. The molecule has 2 aromatic carbocycles. The van der Waals surface area contributed by atoms with E-state index in [2.05, 4.69) is 4.72 Å². The zero-order valence-corrected chi connectivity index (χ0v) is 11.2. The highest BCUT2D eigenvalue weighted by Crippen LogP contribution is 2.23. The number of nitrogens with one attached hydrogen (secondary N) is 1. The van der Waals surface area contributed by atoms with Crippen molar-refractivity contribution in [3.05, 3.63) is 53.3 Å². The summed E-state index contributed by atoms with van der Waals surface area (Å²) in [6.07, 6.45) is 0. The predicted octanol–water partition coefficient (Wildman–Crippen LogP) is 2.86. The van der Waals surface area contributed by atoms with E-state index in [4.69, 9.17) is 17.3 Å². The summed E-state index contributed by atoms with van der Waals surface area (Å²) in [6, 6.07) is 9.18. The lowest BCUT2D eigenvalue weighted by molar-refractivity contribution is 0.598. The predicted molar refractivity (Wildman–Crippen MR) is 73.1 cm³/mol. The Balaban J connectivity index is 2.36. The van der Waals surface area contributed by atoms with Gasteiger partial charge in [0.2, 0.25) is 0 Å². The number of rotatable bonds is 3. The lowest BCUT2D eigenvalue weighted by Gasteiger charge is -2.09. The molecule has 0 aliphatic carbocycles. The monoisotopic (exact) mass is 300 g/mol. The van der Waals surface area contributed by atoms with E-state index in [0.717, 1.165) is 6.07 Å². The summed E-state index contributed by atoms with van der Waals surface area (Å²) in [5.74, 6) is -0.705. The van der Waals surface area contributed by atoms with Gasteiger partial charge >= 0.3 is 0 Å². The zero-order valence-electron chi connectivity index (χ0n) is 9.60. The Morgan fingerprint density at radius 2 is 1.74 bits per heavy atom. The lowest BCUT2D eigenvalue weighted by atomic mass is 10.3. The van der Waals surface area contributed by atoms with Gasteiger partial charge in [0.15, 0.2) is 0 Å². The maximum absolute atomic E-state index is 13.5. The Labute approximate surface area is 115 Å². The molecule has 0 radical (unpaired) electrons. The van der Waals surface area contributed by atoms with Crippen LogP contribution in [-0.2, 0) is 10.0 Å². The van der Waals surface area contributed by atoms with Crippen LogP contribution in [0.3, 0.4) is 0 Å². The highest BCUT2D eigenvalue weighted by atomic mass is 35.5. The van der Waals surface area contributed by atoms with Crippen molar-refractivity contribution >= 4 is 33.0 Å². The Morgan fingerprint density at radius 1 is 1.11 bits per heavy atom. The van der Waals surface area contributed by atoms with Gasteiger partial charge in [-0.25, -0.2) is 12.8 Å². The molecule has 100 valence electrons. The second-order valence-electron chi connectivity index (χ2n) is 3.80. The van der Waals surface area contributed by atoms with E-state index in [1.165, 1.54) is 36.4 Å². The number of hydrogen-bond acceptors (Lipinski definition) is 3. The number of hydrogen-bond donors (Lipinski definition) is 2. The molecule has 0 aromatic heterocycles. The molecule has 19 heavy (non-hydrogen) atoms. The van der Waals surface area contributed by atoms with Crippen LogP contribution in [0.25, 0.3) is 0 Å². The molecule has 0 aliphatic rings. The summed E-state index contributed by atoms with van der Waals surface area (Å²) >= 11 is 5.69. The van der Waals surface area contributed by atoms with E-state index in [9.17, 15) is 12.8 Å². The van der Waals surface area contributed by atoms with Crippen LogP contribution in [0, 0.1) is 5.82 Å². The topological polar surface area (TPSA) is 72.2 Å². The van der Waals surface area contributed by atoms with Crippen molar-refractivity contribution in [1.82, 2.24) is 0 Å². The van der Waals surface area contributed by atoms with Crippen LogP contribution in [0.5, 0.6) is 0 Å². The minimum atomic E-state index is -3.87. The molecule has 4 nitrogen and oxygen atoms in total. The Kier molecular flexibility index (Phi) is 3.64. The van der Waals surface area contributed by atoms with Gasteiger partial charge in [0.25, 0.3) is 10.0 Å². The summed E-state index contributed by atoms with van der Waals surface area (Å²) in [7, 11) is -3.87. The second-order valence-corrected chi connectivity index (χ2v) is 5.92. The molecule has 3 N–H and O–H groups in total. The Hall–Kier alpha value is -1.79. The fourth-order valence-electron chi connectivity index (χ4n) is 1.43. The van der Waals surface area contributed by atoms with Crippen molar-refractivity contribution in [2.75, 3.05) is 10.5 Å². The normalized spacial score (nSPS) is 11.3. The molecule has 0 heterocycles. The molecule has 0 saturated heterocycles. The van der Waals surface area contributed by atoms with E-state index in [1.54, 1.807) is 0 Å². The largest absolute Gasteiger partial charge is 0.399 e. The van der Waals surface area contributed by atoms with Gasteiger partial charge in [-0.2, -0.15) is 0 Å². The minimum Gasteiger partial charge on any atom is -0.399 e. The molecule has 7 heteroatoms. The number of benzene rings is 2. The number of halogens is 2. The van der Waals surface area contributed by atoms with Gasteiger partial charge in [-0.1, -0.05) is 11.6 Å². The quantitative estimate of drug-likeness (QED) is 0.856. The van der Waals surface area contributed by atoms with Gasteiger partial charge in [-0.15, -0.1) is 0 Å². The number of nitrogen functional groups attached to an aromatic ring is 1. The standard InChI is InChI=1S/C12H10ClFN2O2S/c13-8-1-6-11(14)12(7-8)16-19(17,18)10-4-2-9(15)3-5-10/h1-7,16H,15H2. The first kappa shape index (κ1) is 13.6. The average Bonchev–Trinajstić information content (AvgIpc) is 2.34. The molecule has 0 aliphatic heterocycles. The maximum Gasteiger partial charge on any atom is 0.261 e. The van der Waals surface area contributed by atoms with E-state index < -0.39 is 15.8 Å². The van der Waals surface area contributed by atoms with E-state index in [1.807, 2.05) is 0 Å². The third-order valence-electron chi connectivity index (χ3n) is 2.36. The van der Waals surface area contributed by atoms with E-state index in [0.29, 0.717) is 5.69 Å². The highest BCUT2D eigenvalue weighted by Gasteiger charge is 2.16. The van der Waals surface area contributed by atoms with Crippen molar-refractivity contribution in [1.29, 1.82) is 0 Å². The molecule has 2 aromatic rings. The molecular weight excluding hydrogens is 291 g/mol. The first-order chi connectivity index (χ1) is 8.88. The molecule has 0 unspecified atom stereocenters. The van der Waals surface area contributed by atoms with Crippen molar-refractivity contribution in [2.45, 2.75) is 4.90 Å². The molecule has 0 amide bonds. The van der Waals surface area contributed by atoms with E-state index in [-0.39, 0.29) is 15.6 Å². The van der Waals surface area contributed by atoms with Gasteiger partial charge in [0, 0.05) is 10.7 Å². The van der Waals surface area contributed by atoms with Crippen LogP contribution in [0.2, 0.25) is 5.02 Å². The second kappa shape index (κ2) is 5.07. The SMILES string of the molecule is Nc1ccc(S(=O)(=O)Nc2cc(Cl)ccc2F)cc1. The van der Waals surface area contributed by atoms with Crippen LogP contribution in [0.15, 0.2) is 47.4 Å². The average molecular weight is 301 g/mol. The summed E-state index contributed by atoms with van der Waals surface area (Å²) in [5.41, 5.74) is 5.71. The van der Waals surface area contributed by atoms with Gasteiger partial charge < -0.3 is 5.73 Å². The van der Waals surface area contributed by atoms with Crippen LogP contribution in [-0.4, -0.2) is 8.42 Å². The summed E-state index contributed by atoms with van der Waals surface area (Å²) in [6.45, 7) is 0. The molecule has 0 atom stereocenters. The number of sulfonamides is 1. The Morgan fingerprint density at radius 3 is 2.37 bits per heavy atom. The van der Waals surface area contributed by atoms with Crippen LogP contribution < -0.4 is 10.5 Å². The van der Waals surface area contributed by atoms with Crippen molar-refractivity contribution < 1.29 is 12.8 Å². The minimum absolute atomic E-state index is 0.0129. The first-order valence-corrected chi connectivity index (χ1v) is 7.08. The lowest BCUT2D eigenvalue weighted by Crippen LogP contribution is -2.14. The van der Waals surface area contributed by atoms with Crippen LogP contribution >= 0.6 is 11.6 Å². The molecule has 0 spiro atoms. The highest BCUT2D eigenvalue weighted by molar-refractivity contribution is 7.92. The fraction of sp³-hybridized carbons (Fsp3) is 0. The van der Waals surface area contributed by atoms with Gasteiger partial charge in [-0.05, 0) is 42.5 Å². The third-order valence-corrected chi connectivity index (χ3v) is 3.98. The van der Waals surface area contributed by atoms with E-state index >= 15 is 0 Å². The van der Waals surface area contributed by atoms with Gasteiger partial charge in [-0.3, -0.25) is 4.72 Å². The first-order valence-electron chi connectivity index (χ1n) is 5.22. The van der Waals surface area contributed by atoms with Crippen molar-refractivity contribution in [3.63, 3.8) is 0 Å². The van der Waals surface area contributed by atoms with Gasteiger partial charge in [0.1, 0.15) is 5.82 Å². The van der Waals surface area contributed by atoms with Gasteiger partial charge in [0.05, 0.1) is 10.6 Å². The number of nitrogens with two attached hydrogens (primary N) is 1.